The van der Waals surface area contributed by atoms with Crippen molar-refractivity contribution in [1.29, 1.82) is 0 Å². The summed E-state index contributed by atoms with van der Waals surface area (Å²) in [6.45, 7) is 0.948. The van der Waals surface area contributed by atoms with Crippen molar-refractivity contribution in [1.82, 2.24) is 4.31 Å². The molecule has 0 bridgehead atoms. The molecule has 0 saturated heterocycles. The number of sulfonamides is 1. The highest BCUT2D eigenvalue weighted by Gasteiger charge is 2.18. The number of hydrogen-bond donors (Lipinski definition) is 2. The molecular formula is C19H26N3O4S+. The monoisotopic (exact) mass is 392 g/mol. The van der Waals surface area contributed by atoms with E-state index < -0.39 is 10.0 Å². The predicted octanol–water partition coefficient (Wildman–Crippen LogP) is 0.599. The first kappa shape index (κ1) is 20.9. The zero-order valence-electron chi connectivity index (χ0n) is 16.0. The van der Waals surface area contributed by atoms with Crippen LogP contribution < -0.4 is 15.0 Å². The zero-order chi connectivity index (χ0) is 20.0. The summed E-state index contributed by atoms with van der Waals surface area (Å²) in [5.74, 6) is 0.613. The van der Waals surface area contributed by atoms with Gasteiger partial charge in [-0.15, -0.1) is 0 Å². The number of quaternary nitrogens is 1. The van der Waals surface area contributed by atoms with Gasteiger partial charge >= 0.3 is 0 Å². The molecule has 7 nitrogen and oxygen atoms in total. The Labute approximate surface area is 160 Å². The fourth-order valence-corrected chi connectivity index (χ4v) is 3.53. The average Bonchev–Trinajstić information content (AvgIpc) is 2.62. The Bertz CT molecular complexity index is 880. The zero-order valence-corrected chi connectivity index (χ0v) is 16.8. The van der Waals surface area contributed by atoms with Crippen molar-refractivity contribution in [2.75, 3.05) is 40.1 Å². The summed E-state index contributed by atoms with van der Waals surface area (Å²) in [7, 11) is 2.95. The van der Waals surface area contributed by atoms with Gasteiger partial charge in [-0.25, -0.2) is 12.7 Å². The van der Waals surface area contributed by atoms with Gasteiger partial charge in [0.1, 0.15) is 12.3 Å². The number of carbonyl (C=O) groups excluding carboxylic acids is 1. The van der Waals surface area contributed by atoms with Crippen LogP contribution in [-0.4, -0.2) is 53.4 Å². The summed E-state index contributed by atoms with van der Waals surface area (Å²) >= 11 is 0. The third-order valence-corrected chi connectivity index (χ3v) is 5.83. The summed E-state index contributed by atoms with van der Waals surface area (Å²) in [5.41, 5.74) is 1.56. The van der Waals surface area contributed by atoms with Gasteiger partial charge in [0.05, 0.1) is 19.1 Å². The maximum atomic E-state index is 12.3. The first-order chi connectivity index (χ1) is 12.7. The van der Waals surface area contributed by atoms with Crippen molar-refractivity contribution in [3.63, 3.8) is 0 Å². The van der Waals surface area contributed by atoms with E-state index in [1.807, 2.05) is 31.3 Å². The summed E-state index contributed by atoms with van der Waals surface area (Å²) in [4.78, 5) is 13.4. The molecule has 2 rings (SSSR count). The molecule has 0 radical (unpaired) electrons. The first-order valence-corrected chi connectivity index (χ1v) is 9.93. The topological polar surface area (TPSA) is 80.1 Å². The molecule has 0 heterocycles. The van der Waals surface area contributed by atoms with Gasteiger partial charge in [0.15, 0.2) is 6.54 Å². The van der Waals surface area contributed by atoms with Gasteiger partial charge in [0.25, 0.3) is 5.91 Å². The molecule has 0 fully saturated rings. The molecule has 0 aromatic heterocycles. The maximum Gasteiger partial charge on any atom is 0.279 e. The molecular weight excluding hydrogens is 366 g/mol. The highest BCUT2D eigenvalue weighted by atomic mass is 32.2. The van der Waals surface area contributed by atoms with E-state index in [1.165, 1.54) is 26.2 Å². The molecule has 1 atom stereocenters. The minimum absolute atomic E-state index is 0.143. The van der Waals surface area contributed by atoms with E-state index >= 15 is 0 Å². The second-order valence-corrected chi connectivity index (χ2v) is 8.67. The quantitative estimate of drug-likeness (QED) is 0.690. The van der Waals surface area contributed by atoms with E-state index in [9.17, 15) is 13.2 Å². The Morgan fingerprint density at radius 2 is 1.81 bits per heavy atom. The van der Waals surface area contributed by atoms with Gasteiger partial charge in [-0.1, -0.05) is 6.07 Å². The Balaban J connectivity index is 1.96. The molecule has 27 heavy (non-hydrogen) atoms. The highest BCUT2D eigenvalue weighted by Crippen LogP contribution is 2.17. The number of ether oxygens (including phenoxy) is 1. The Hall–Kier alpha value is -2.42. The normalized spacial score (nSPS) is 12.6. The van der Waals surface area contributed by atoms with Crippen molar-refractivity contribution < 1.29 is 22.8 Å². The van der Waals surface area contributed by atoms with Crippen LogP contribution in [0.25, 0.3) is 0 Å². The lowest BCUT2D eigenvalue weighted by molar-refractivity contribution is -0.885. The van der Waals surface area contributed by atoms with Crippen LogP contribution in [0.2, 0.25) is 0 Å². The Morgan fingerprint density at radius 3 is 2.41 bits per heavy atom. The lowest BCUT2D eigenvalue weighted by atomic mass is 10.2. The standard InChI is InChI=1S/C19H25N3O4S/c1-21(2)27(24,25)18-7-5-6-16(12-18)20-19(23)14-22(3)13-15-8-10-17(26-4)11-9-15/h5-12H,13-14H2,1-4H3,(H,20,23)/p+1. The largest absolute Gasteiger partial charge is 0.497 e. The fourth-order valence-electron chi connectivity index (χ4n) is 2.58. The molecule has 1 amide bonds. The molecule has 0 aliphatic carbocycles. The van der Waals surface area contributed by atoms with Crippen LogP contribution >= 0.6 is 0 Å². The van der Waals surface area contributed by atoms with Gasteiger partial charge in [-0.2, -0.15) is 0 Å². The number of likely N-dealkylation sites (N-methyl/N-ethyl adjacent to an activating group) is 1. The lowest BCUT2D eigenvalue weighted by Gasteiger charge is -2.15. The second-order valence-electron chi connectivity index (χ2n) is 6.52. The fraction of sp³-hybridized carbons (Fsp3) is 0.316. The minimum Gasteiger partial charge on any atom is -0.497 e. The van der Waals surface area contributed by atoms with Crippen LogP contribution in [0.5, 0.6) is 5.75 Å². The van der Waals surface area contributed by atoms with Crippen molar-refractivity contribution in [3.05, 3.63) is 54.1 Å². The van der Waals surface area contributed by atoms with E-state index in [2.05, 4.69) is 5.32 Å². The minimum atomic E-state index is -3.54. The predicted molar refractivity (Wildman–Crippen MR) is 104 cm³/mol. The molecule has 0 aliphatic rings. The first-order valence-electron chi connectivity index (χ1n) is 8.49. The number of carbonyl (C=O) groups is 1. The van der Waals surface area contributed by atoms with Crippen LogP contribution in [0.15, 0.2) is 53.4 Å². The van der Waals surface area contributed by atoms with Gasteiger partial charge in [0.2, 0.25) is 10.0 Å². The van der Waals surface area contributed by atoms with E-state index in [4.69, 9.17) is 4.74 Å². The summed E-state index contributed by atoms with van der Waals surface area (Å²) in [5, 5.41) is 2.77. The molecule has 0 aliphatic heterocycles. The Morgan fingerprint density at radius 1 is 1.15 bits per heavy atom. The van der Waals surface area contributed by atoms with E-state index in [0.29, 0.717) is 12.2 Å². The van der Waals surface area contributed by atoms with Crippen LogP contribution in [-0.2, 0) is 21.4 Å². The summed E-state index contributed by atoms with van der Waals surface area (Å²) < 4.78 is 30.7. The van der Waals surface area contributed by atoms with Gasteiger partial charge in [-0.05, 0) is 42.5 Å². The molecule has 1 unspecified atom stereocenters. The average molecular weight is 393 g/mol. The number of methoxy groups -OCH3 is 1. The molecule has 0 spiro atoms. The Kier molecular flexibility index (Phi) is 6.95. The van der Waals surface area contributed by atoms with Gasteiger partial charge in [0, 0.05) is 25.3 Å². The van der Waals surface area contributed by atoms with Gasteiger partial charge in [-0.3, -0.25) is 4.79 Å². The number of hydrogen-bond acceptors (Lipinski definition) is 4. The number of nitrogens with zero attached hydrogens (tertiary/aromatic N) is 1. The smallest absolute Gasteiger partial charge is 0.279 e. The number of anilines is 1. The highest BCUT2D eigenvalue weighted by molar-refractivity contribution is 7.89. The SMILES string of the molecule is COc1ccc(C[NH+](C)CC(=O)Nc2cccc(S(=O)(=O)N(C)C)c2)cc1. The van der Waals surface area contributed by atoms with Crippen LogP contribution in [0.4, 0.5) is 5.69 Å². The van der Waals surface area contributed by atoms with Crippen LogP contribution in [0.3, 0.4) is 0 Å². The molecule has 2 aromatic carbocycles. The molecule has 8 heteroatoms. The van der Waals surface area contributed by atoms with E-state index in [-0.39, 0.29) is 17.3 Å². The number of benzene rings is 2. The van der Waals surface area contributed by atoms with Gasteiger partial charge < -0.3 is 15.0 Å². The van der Waals surface area contributed by atoms with E-state index in [1.54, 1.807) is 19.2 Å². The van der Waals surface area contributed by atoms with Crippen LogP contribution in [0.1, 0.15) is 5.56 Å². The molecule has 2 N–H and O–H groups in total. The van der Waals surface area contributed by atoms with E-state index in [0.717, 1.165) is 20.5 Å². The number of amides is 1. The second kappa shape index (κ2) is 8.98. The molecule has 146 valence electrons. The third-order valence-electron chi connectivity index (χ3n) is 4.02. The number of rotatable bonds is 8. The third kappa shape index (κ3) is 5.78. The van der Waals surface area contributed by atoms with Crippen molar-refractivity contribution in [2.45, 2.75) is 11.4 Å². The lowest BCUT2D eigenvalue weighted by Crippen LogP contribution is -3.08. The molecule has 0 saturated carbocycles. The van der Waals surface area contributed by atoms with Crippen molar-refractivity contribution >= 4 is 21.6 Å². The van der Waals surface area contributed by atoms with Crippen molar-refractivity contribution in [3.8, 4) is 5.75 Å². The number of nitrogens with one attached hydrogen (secondary N) is 2. The summed E-state index contributed by atoms with van der Waals surface area (Å²) in [6.07, 6.45) is 0. The van der Waals surface area contributed by atoms with Crippen LogP contribution in [0, 0.1) is 0 Å². The van der Waals surface area contributed by atoms with Crippen molar-refractivity contribution in [2.24, 2.45) is 0 Å². The maximum absolute atomic E-state index is 12.3. The molecule has 2 aromatic rings. The summed E-state index contributed by atoms with van der Waals surface area (Å²) in [6, 6.07) is 14.0.